The molecular formula is C26H28F2N8. The first-order chi connectivity index (χ1) is 17.4. The van der Waals surface area contributed by atoms with Gasteiger partial charge in [-0.3, -0.25) is 0 Å². The fourth-order valence-corrected chi connectivity index (χ4v) is 5.46. The van der Waals surface area contributed by atoms with Crippen molar-refractivity contribution in [2.75, 3.05) is 23.3 Å². The maximum atomic E-state index is 14.9. The number of piperazine rings is 1. The summed E-state index contributed by atoms with van der Waals surface area (Å²) in [5.41, 5.74) is 2.26. The molecule has 186 valence electrons. The molecule has 2 aliphatic rings. The van der Waals surface area contributed by atoms with Gasteiger partial charge >= 0.3 is 0 Å². The first-order valence-corrected chi connectivity index (χ1v) is 12.3. The van der Waals surface area contributed by atoms with Crippen molar-refractivity contribution in [3.05, 3.63) is 54.1 Å². The largest absolute Gasteiger partial charge is 0.367 e. The molecule has 2 atom stereocenters. The van der Waals surface area contributed by atoms with Gasteiger partial charge in [-0.15, -0.1) is 0 Å². The summed E-state index contributed by atoms with van der Waals surface area (Å²) in [6.07, 6.45) is 5.35. The fraction of sp³-hybridized carbons (Fsp3) is 0.385. The normalized spacial score (nSPS) is 19.4. The van der Waals surface area contributed by atoms with Gasteiger partial charge in [-0.2, -0.15) is 0 Å². The lowest BCUT2D eigenvalue weighted by Gasteiger charge is -2.34. The summed E-state index contributed by atoms with van der Waals surface area (Å²) in [6.45, 7) is 7.78. The van der Waals surface area contributed by atoms with Crippen molar-refractivity contribution in [2.24, 2.45) is 0 Å². The molecule has 0 aliphatic carbocycles. The van der Waals surface area contributed by atoms with Crippen LogP contribution < -0.4 is 15.5 Å². The van der Waals surface area contributed by atoms with Crippen molar-refractivity contribution >= 4 is 28.5 Å². The molecule has 1 aromatic carbocycles. The predicted molar refractivity (Wildman–Crippen MR) is 135 cm³/mol. The third-order valence-electron chi connectivity index (χ3n) is 7.03. The second-order valence-corrected chi connectivity index (χ2v) is 9.91. The van der Waals surface area contributed by atoms with E-state index in [4.69, 9.17) is 0 Å². The van der Waals surface area contributed by atoms with Crippen molar-refractivity contribution in [2.45, 2.75) is 51.7 Å². The number of benzene rings is 1. The molecule has 0 amide bonds. The Bertz CT molecular complexity index is 1420. The zero-order valence-corrected chi connectivity index (χ0v) is 20.5. The van der Waals surface area contributed by atoms with E-state index in [2.05, 4.69) is 35.5 Å². The smallest absolute Gasteiger partial charge is 0.229 e. The number of hydrogen-bond donors (Lipinski definition) is 2. The van der Waals surface area contributed by atoms with Crippen LogP contribution in [0.1, 0.15) is 38.6 Å². The molecule has 5 heterocycles. The van der Waals surface area contributed by atoms with Crippen LogP contribution in [0.5, 0.6) is 0 Å². The minimum absolute atomic E-state index is 0.00960. The fourth-order valence-electron chi connectivity index (χ4n) is 5.46. The maximum absolute atomic E-state index is 14.9. The van der Waals surface area contributed by atoms with Gasteiger partial charge in [0.05, 0.1) is 23.6 Å². The Morgan fingerprint density at radius 2 is 1.78 bits per heavy atom. The molecule has 0 radical (unpaired) electrons. The zero-order valence-electron chi connectivity index (χ0n) is 20.5. The SMILES string of the molecule is Cc1nc2c(F)cc(-c3nc(Nc4ccc(N5CC6CCC(C5)N6)cn4)ncc3F)cc2n1C(C)C. The van der Waals surface area contributed by atoms with Gasteiger partial charge in [0.2, 0.25) is 5.95 Å². The molecule has 2 unspecified atom stereocenters. The average Bonchev–Trinajstić information content (AvgIpc) is 3.38. The van der Waals surface area contributed by atoms with E-state index in [1.165, 1.54) is 18.9 Å². The summed E-state index contributed by atoms with van der Waals surface area (Å²) in [6, 6.07) is 8.02. The Balaban J connectivity index is 1.27. The highest BCUT2D eigenvalue weighted by atomic mass is 19.1. The molecule has 0 spiro atoms. The number of fused-ring (bicyclic) bond motifs is 3. The lowest BCUT2D eigenvalue weighted by molar-refractivity contribution is 0.465. The number of imidazole rings is 1. The molecule has 10 heteroatoms. The van der Waals surface area contributed by atoms with E-state index in [1.54, 1.807) is 6.07 Å². The molecule has 0 saturated carbocycles. The van der Waals surface area contributed by atoms with Gasteiger partial charge in [-0.1, -0.05) is 0 Å². The number of pyridine rings is 1. The molecule has 2 fully saturated rings. The molecule has 2 saturated heterocycles. The van der Waals surface area contributed by atoms with E-state index < -0.39 is 11.6 Å². The lowest BCUT2D eigenvalue weighted by atomic mass is 10.1. The average molecular weight is 491 g/mol. The summed E-state index contributed by atoms with van der Waals surface area (Å²) in [5, 5.41) is 6.68. The van der Waals surface area contributed by atoms with Crippen LogP contribution in [0.15, 0.2) is 36.7 Å². The van der Waals surface area contributed by atoms with Gasteiger partial charge in [0.25, 0.3) is 0 Å². The molecule has 2 N–H and O–H groups in total. The van der Waals surface area contributed by atoms with Crippen LogP contribution in [-0.2, 0) is 0 Å². The van der Waals surface area contributed by atoms with Crippen molar-refractivity contribution < 1.29 is 8.78 Å². The Morgan fingerprint density at radius 1 is 1.00 bits per heavy atom. The van der Waals surface area contributed by atoms with Crippen LogP contribution in [0.4, 0.5) is 26.2 Å². The summed E-state index contributed by atoms with van der Waals surface area (Å²) < 4.78 is 31.7. The molecule has 36 heavy (non-hydrogen) atoms. The Hall–Kier alpha value is -3.66. The van der Waals surface area contributed by atoms with Crippen LogP contribution in [0, 0.1) is 18.6 Å². The monoisotopic (exact) mass is 490 g/mol. The zero-order chi connectivity index (χ0) is 25.0. The molecule has 8 nitrogen and oxygen atoms in total. The topological polar surface area (TPSA) is 83.8 Å². The first kappa shape index (κ1) is 22.8. The summed E-state index contributed by atoms with van der Waals surface area (Å²) >= 11 is 0. The first-order valence-electron chi connectivity index (χ1n) is 12.3. The maximum Gasteiger partial charge on any atom is 0.229 e. The van der Waals surface area contributed by atoms with Crippen LogP contribution in [-0.4, -0.2) is 49.7 Å². The van der Waals surface area contributed by atoms with Crippen LogP contribution in [0.3, 0.4) is 0 Å². The van der Waals surface area contributed by atoms with E-state index in [1.807, 2.05) is 43.7 Å². The van der Waals surface area contributed by atoms with Crippen molar-refractivity contribution in [3.63, 3.8) is 0 Å². The van der Waals surface area contributed by atoms with E-state index in [9.17, 15) is 8.78 Å². The van der Waals surface area contributed by atoms with Crippen LogP contribution >= 0.6 is 0 Å². The quantitative estimate of drug-likeness (QED) is 0.418. The lowest BCUT2D eigenvalue weighted by Crippen LogP contribution is -2.51. The van der Waals surface area contributed by atoms with Gasteiger partial charge in [0.15, 0.2) is 11.6 Å². The molecular weight excluding hydrogens is 462 g/mol. The Labute approximate surface area is 207 Å². The van der Waals surface area contributed by atoms with Gasteiger partial charge < -0.3 is 20.1 Å². The molecule has 2 bridgehead atoms. The van der Waals surface area contributed by atoms with E-state index in [-0.39, 0.29) is 23.2 Å². The summed E-state index contributed by atoms with van der Waals surface area (Å²) in [7, 11) is 0. The number of aromatic nitrogens is 5. The molecule has 6 rings (SSSR count). The Morgan fingerprint density at radius 3 is 2.47 bits per heavy atom. The Kier molecular flexibility index (Phi) is 5.55. The van der Waals surface area contributed by atoms with Crippen LogP contribution in [0.2, 0.25) is 0 Å². The predicted octanol–water partition coefficient (Wildman–Crippen LogP) is 4.74. The molecule has 3 aromatic heterocycles. The highest BCUT2D eigenvalue weighted by Crippen LogP contribution is 2.31. The van der Waals surface area contributed by atoms with Crippen molar-refractivity contribution in [3.8, 4) is 11.3 Å². The molecule has 4 aromatic rings. The minimum Gasteiger partial charge on any atom is -0.367 e. The third kappa shape index (κ3) is 4.05. The number of nitrogens with zero attached hydrogens (tertiary/aromatic N) is 6. The highest BCUT2D eigenvalue weighted by molar-refractivity contribution is 5.83. The van der Waals surface area contributed by atoms with Gasteiger partial charge in [-0.05, 0) is 57.9 Å². The van der Waals surface area contributed by atoms with E-state index in [0.29, 0.717) is 34.8 Å². The van der Waals surface area contributed by atoms with Gasteiger partial charge in [-0.25, -0.2) is 28.7 Å². The summed E-state index contributed by atoms with van der Waals surface area (Å²) in [5.74, 6) is 0.273. The number of aryl methyl sites for hydroxylation is 1. The van der Waals surface area contributed by atoms with Gasteiger partial charge in [0, 0.05) is 36.8 Å². The third-order valence-corrected chi connectivity index (χ3v) is 7.03. The number of anilines is 3. The number of nitrogens with one attached hydrogen (secondary N) is 2. The number of halogens is 2. The number of rotatable bonds is 5. The standard InChI is InChI=1S/C26H28F2N8/c1-14(2)36-15(3)31-25-20(27)8-16(9-22(25)36)24-21(28)11-30-26(34-24)33-23-7-6-19(10-29-23)35-12-17-4-5-18(13-35)32-17/h6-11,14,17-18,32H,4-5,12-13H2,1-3H3,(H,29,30,33,34). The minimum atomic E-state index is -0.636. The van der Waals surface area contributed by atoms with E-state index in [0.717, 1.165) is 25.0 Å². The van der Waals surface area contributed by atoms with Crippen molar-refractivity contribution in [1.82, 2.24) is 29.8 Å². The second-order valence-electron chi connectivity index (χ2n) is 9.91. The van der Waals surface area contributed by atoms with Crippen LogP contribution in [0.25, 0.3) is 22.3 Å². The number of hydrogen-bond acceptors (Lipinski definition) is 7. The van der Waals surface area contributed by atoms with Crippen molar-refractivity contribution in [1.29, 1.82) is 0 Å². The van der Waals surface area contributed by atoms with Gasteiger partial charge in [0.1, 0.15) is 22.9 Å². The highest BCUT2D eigenvalue weighted by Gasteiger charge is 2.32. The summed E-state index contributed by atoms with van der Waals surface area (Å²) in [4.78, 5) is 19.6. The second kappa shape index (κ2) is 8.77. The molecule has 2 aliphatic heterocycles. The van der Waals surface area contributed by atoms with E-state index >= 15 is 0 Å².